The predicted octanol–water partition coefficient (Wildman–Crippen LogP) is -0.508. The highest BCUT2D eigenvalue weighted by molar-refractivity contribution is 5.91. The van der Waals surface area contributed by atoms with Crippen molar-refractivity contribution >= 4 is 17.6 Å². The monoisotopic (exact) mass is 331 g/mol. The number of aromatic nitrogens is 2. The van der Waals surface area contributed by atoms with Crippen molar-refractivity contribution in [1.29, 1.82) is 0 Å². The van der Waals surface area contributed by atoms with E-state index in [2.05, 4.69) is 9.97 Å². The molecule has 1 atom stereocenters. The molecule has 3 rings (SSSR count). The first kappa shape index (κ1) is 15.9. The minimum atomic E-state index is -0.773. The molecule has 0 saturated carbocycles. The van der Waals surface area contributed by atoms with Crippen LogP contribution in [0.1, 0.15) is 21.0 Å². The number of amides is 2. The second-order valence-corrected chi connectivity index (χ2v) is 5.46. The van der Waals surface area contributed by atoms with Gasteiger partial charge in [0, 0.05) is 26.2 Å². The molecule has 3 N–H and O–H groups in total. The molecule has 3 heterocycles. The van der Waals surface area contributed by atoms with Crippen molar-refractivity contribution in [2.24, 2.45) is 5.73 Å². The molecular formula is C15H17N5O4. The molecule has 1 aliphatic rings. The van der Waals surface area contributed by atoms with E-state index < -0.39 is 12.0 Å². The van der Waals surface area contributed by atoms with Gasteiger partial charge in [-0.2, -0.15) is 0 Å². The van der Waals surface area contributed by atoms with Crippen molar-refractivity contribution in [2.45, 2.75) is 6.10 Å². The van der Waals surface area contributed by atoms with Gasteiger partial charge in [0.2, 0.25) is 0 Å². The molecule has 2 aromatic rings. The third-order valence-corrected chi connectivity index (χ3v) is 3.72. The van der Waals surface area contributed by atoms with Crippen LogP contribution in [0.2, 0.25) is 0 Å². The maximum absolute atomic E-state index is 12.4. The summed E-state index contributed by atoms with van der Waals surface area (Å²) < 4.78 is 5.12. The first-order valence-electron chi connectivity index (χ1n) is 7.42. The topological polar surface area (TPSA) is 126 Å². The summed E-state index contributed by atoms with van der Waals surface area (Å²) in [4.78, 5) is 35.0. The van der Waals surface area contributed by atoms with Crippen molar-refractivity contribution in [1.82, 2.24) is 14.9 Å². The number of aliphatic hydroxyl groups excluding tert-OH is 1. The molecule has 0 aliphatic carbocycles. The van der Waals surface area contributed by atoms with Crippen LogP contribution in [-0.4, -0.2) is 64.1 Å². The highest BCUT2D eigenvalue weighted by Gasteiger charge is 2.27. The molecule has 0 radical (unpaired) electrons. The van der Waals surface area contributed by atoms with Crippen LogP contribution >= 0.6 is 0 Å². The molecule has 0 spiro atoms. The van der Waals surface area contributed by atoms with Crippen LogP contribution in [0.5, 0.6) is 0 Å². The van der Waals surface area contributed by atoms with Crippen LogP contribution in [0.25, 0.3) is 0 Å². The molecular weight excluding hydrogens is 314 g/mol. The summed E-state index contributed by atoms with van der Waals surface area (Å²) in [5.74, 6) is -0.295. The average molecular weight is 331 g/mol. The molecule has 126 valence electrons. The highest BCUT2D eigenvalue weighted by Crippen LogP contribution is 2.15. The summed E-state index contributed by atoms with van der Waals surface area (Å²) in [7, 11) is 0. The zero-order chi connectivity index (χ0) is 17.1. The fraction of sp³-hybridized carbons (Fsp3) is 0.333. The van der Waals surface area contributed by atoms with Crippen LogP contribution in [-0.2, 0) is 0 Å². The predicted molar refractivity (Wildman–Crippen MR) is 83.4 cm³/mol. The number of hydrogen-bond donors (Lipinski definition) is 2. The van der Waals surface area contributed by atoms with E-state index in [0.29, 0.717) is 18.9 Å². The Morgan fingerprint density at radius 1 is 1.29 bits per heavy atom. The molecule has 1 aliphatic heterocycles. The number of carbonyl (C=O) groups excluding carboxylic acids is 2. The molecule has 24 heavy (non-hydrogen) atoms. The summed E-state index contributed by atoms with van der Waals surface area (Å²) in [5.41, 5.74) is 5.26. The van der Waals surface area contributed by atoms with Crippen LogP contribution in [0.3, 0.4) is 0 Å². The number of nitrogens with zero attached hydrogens (tertiary/aromatic N) is 4. The average Bonchev–Trinajstić information content (AvgIpc) is 3.04. The number of primary amides is 1. The SMILES string of the molecule is NC(=O)c1cncc(N2CCN(C(=O)c3ccco3)CC(O)C2)n1. The first-order chi connectivity index (χ1) is 11.5. The lowest BCUT2D eigenvalue weighted by atomic mass is 10.3. The van der Waals surface area contributed by atoms with Crippen LogP contribution in [0.15, 0.2) is 35.2 Å². The fourth-order valence-corrected chi connectivity index (χ4v) is 2.57. The Morgan fingerprint density at radius 3 is 2.83 bits per heavy atom. The Labute approximate surface area is 137 Å². The van der Waals surface area contributed by atoms with Gasteiger partial charge in [0.1, 0.15) is 11.5 Å². The summed E-state index contributed by atoms with van der Waals surface area (Å²) in [6.07, 6.45) is 3.43. The highest BCUT2D eigenvalue weighted by atomic mass is 16.3. The second kappa shape index (κ2) is 6.67. The van der Waals surface area contributed by atoms with E-state index in [9.17, 15) is 14.7 Å². The quantitative estimate of drug-likeness (QED) is 0.776. The zero-order valence-electron chi connectivity index (χ0n) is 12.8. The maximum atomic E-state index is 12.4. The van der Waals surface area contributed by atoms with E-state index in [-0.39, 0.29) is 30.5 Å². The largest absolute Gasteiger partial charge is 0.459 e. The Morgan fingerprint density at radius 2 is 2.12 bits per heavy atom. The normalized spacial score (nSPS) is 18.3. The van der Waals surface area contributed by atoms with Crippen molar-refractivity contribution < 1.29 is 19.1 Å². The Balaban J connectivity index is 1.76. The van der Waals surface area contributed by atoms with Gasteiger partial charge in [0.25, 0.3) is 11.8 Å². The summed E-state index contributed by atoms with van der Waals surface area (Å²) >= 11 is 0. The van der Waals surface area contributed by atoms with E-state index in [1.165, 1.54) is 23.6 Å². The minimum absolute atomic E-state index is 0.0507. The molecule has 1 saturated heterocycles. The smallest absolute Gasteiger partial charge is 0.289 e. The van der Waals surface area contributed by atoms with E-state index in [0.717, 1.165) is 0 Å². The van der Waals surface area contributed by atoms with Crippen molar-refractivity contribution in [3.8, 4) is 0 Å². The Bertz CT molecular complexity index is 733. The Kier molecular flexibility index (Phi) is 4.43. The summed E-state index contributed by atoms with van der Waals surface area (Å²) in [5, 5.41) is 10.2. The molecule has 9 heteroatoms. The summed E-state index contributed by atoms with van der Waals surface area (Å²) in [6.45, 7) is 1.25. The number of anilines is 1. The molecule has 0 aromatic carbocycles. The second-order valence-electron chi connectivity index (χ2n) is 5.46. The van der Waals surface area contributed by atoms with Gasteiger partial charge in [0.15, 0.2) is 5.76 Å². The maximum Gasteiger partial charge on any atom is 0.289 e. The van der Waals surface area contributed by atoms with Gasteiger partial charge in [-0.3, -0.25) is 14.6 Å². The van der Waals surface area contributed by atoms with Gasteiger partial charge < -0.3 is 25.1 Å². The van der Waals surface area contributed by atoms with Crippen LogP contribution in [0.4, 0.5) is 5.82 Å². The van der Waals surface area contributed by atoms with E-state index in [1.54, 1.807) is 17.0 Å². The van der Waals surface area contributed by atoms with E-state index in [4.69, 9.17) is 10.2 Å². The van der Waals surface area contributed by atoms with Crippen LogP contribution in [0, 0.1) is 0 Å². The number of hydrogen-bond acceptors (Lipinski definition) is 7. The van der Waals surface area contributed by atoms with Gasteiger partial charge in [-0.05, 0) is 12.1 Å². The number of β-amino-alcohol motifs (C(OH)–C–C–N with tert-alkyl or cyclic N) is 1. The molecule has 0 bridgehead atoms. The number of carbonyl (C=O) groups is 2. The zero-order valence-corrected chi connectivity index (χ0v) is 12.8. The number of aliphatic hydroxyl groups is 1. The molecule has 2 amide bonds. The third kappa shape index (κ3) is 3.35. The number of nitrogens with two attached hydrogens (primary N) is 1. The van der Waals surface area contributed by atoms with Gasteiger partial charge in [-0.1, -0.05) is 0 Å². The lowest BCUT2D eigenvalue weighted by molar-refractivity contribution is 0.0643. The number of furan rings is 1. The fourth-order valence-electron chi connectivity index (χ4n) is 2.57. The van der Waals surface area contributed by atoms with Crippen molar-refractivity contribution in [3.05, 3.63) is 42.2 Å². The first-order valence-corrected chi connectivity index (χ1v) is 7.42. The lowest BCUT2D eigenvalue weighted by Crippen LogP contribution is -2.37. The van der Waals surface area contributed by atoms with Gasteiger partial charge >= 0.3 is 0 Å². The number of rotatable bonds is 3. The Hall–Kier alpha value is -2.94. The minimum Gasteiger partial charge on any atom is -0.459 e. The van der Waals surface area contributed by atoms with Crippen molar-refractivity contribution in [2.75, 3.05) is 31.1 Å². The third-order valence-electron chi connectivity index (χ3n) is 3.72. The molecule has 9 nitrogen and oxygen atoms in total. The van der Waals surface area contributed by atoms with E-state index in [1.807, 2.05) is 0 Å². The standard InChI is InChI=1S/C15H17N5O4/c16-14(22)11-6-17-7-13(18-11)19-3-4-20(9-10(21)8-19)15(23)12-2-1-5-24-12/h1-2,5-7,10,21H,3-4,8-9H2,(H2,16,22). The summed E-state index contributed by atoms with van der Waals surface area (Å²) in [6, 6.07) is 3.22. The van der Waals surface area contributed by atoms with Crippen LogP contribution < -0.4 is 10.6 Å². The van der Waals surface area contributed by atoms with Crippen molar-refractivity contribution in [3.63, 3.8) is 0 Å². The van der Waals surface area contributed by atoms with Gasteiger partial charge in [-0.25, -0.2) is 4.98 Å². The molecule has 2 aromatic heterocycles. The molecule has 1 fully saturated rings. The van der Waals surface area contributed by atoms with E-state index >= 15 is 0 Å². The lowest BCUT2D eigenvalue weighted by Gasteiger charge is -2.22. The molecule has 1 unspecified atom stereocenters. The van der Waals surface area contributed by atoms with Gasteiger partial charge in [-0.15, -0.1) is 0 Å². The van der Waals surface area contributed by atoms with Gasteiger partial charge in [0.05, 0.1) is 24.8 Å².